The highest BCUT2D eigenvalue weighted by Gasteiger charge is 2.16. The first-order valence-corrected chi connectivity index (χ1v) is 6.21. The fraction of sp³-hybridized carbons (Fsp3) is 0.250. The van der Waals surface area contributed by atoms with Crippen LogP contribution in [0, 0.1) is 11.6 Å². The molecule has 1 aromatic heterocycles. The highest BCUT2D eigenvalue weighted by atomic mass is 79.9. The number of halogens is 3. The number of oxazole rings is 1. The summed E-state index contributed by atoms with van der Waals surface area (Å²) in [5, 5.41) is 3.02. The van der Waals surface area contributed by atoms with E-state index < -0.39 is 11.6 Å². The first-order chi connectivity index (χ1) is 8.61. The van der Waals surface area contributed by atoms with Gasteiger partial charge in [-0.3, -0.25) is 0 Å². The minimum absolute atomic E-state index is 0.0883. The predicted octanol–water partition coefficient (Wildman–Crippen LogP) is 3.49. The summed E-state index contributed by atoms with van der Waals surface area (Å²) < 4.78 is 33.0. The molecule has 1 heterocycles. The third kappa shape index (κ3) is 2.76. The molecule has 1 N–H and O–H groups in total. The zero-order valence-electron chi connectivity index (χ0n) is 9.64. The largest absolute Gasteiger partial charge is 0.439 e. The lowest BCUT2D eigenvalue weighted by Crippen LogP contribution is -2.11. The molecule has 0 spiro atoms. The van der Waals surface area contributed by atoms with Crippen molar-refractivity contribution in [1.82, 2.24) is 10.3 Å². The Kier molecular flexibility index (Phi) is 4.08. The Morgan fingerprint density at radius 1 is 1.33 bits per heavy atom. The zero-order chi connectivity index (χ0) is 13.1. The molecule has 0 saturated heterocycles. The maximum absolute atomic E-state index is 13.7. The van der Waals surface area contributed by atoms with Gasteiger partial charge < -0.3 is 9.73 Å². The van der Waals surface area contributed by atoms with Crippen LogP contribution >= 0.6 is 15.9 Å². The molecule has 2 rings (SSSR count). The molecule has 0 atom stereocenters. The molecule has 0 saturated carbocycles. The highest BCUT2D eigenvalue weighted by molar-refractivity contribution is 9.10. The van der Waals surface area contributed by atoms with Crippen molar-refractivity contribution in [1.29, 1.82) is 0 Å². The predicted molar refractivity (Wildman–Crippen MR) is 66.9 cm³/mol. The van der Waals surface area contributed by atoms with Crippen LogP contribution in [0.3, 0.4) is 0 Å². The number of hydrogen-bond acceptors (Lipinski definition) is 3. The van der Waals surface area contributed by atoms with E-state index >= 15 is 0 Å². The van der Waals surface area contributed by atoms with Gasteiger partial charge in [0.1, 0.15) is 11.6 Å². The van der Waals surface area contributed by atoms with Crippen LogP contribution in [0.4, 0.5) is 8.78 Å². The second-order valence-electron chi connectivity index (χ2n) is 3.64. The number of benzene rings is 1. The monoisotopic (exact) mass is 316 g/mol. The number of nitrogens with one attached hydrogen (secondary N) is 1. The van der Waals surface area contributed by atoms with Gasteiger partial charge in [0.15, 0.2) is 5.76 Å². The van der Waals surface area contributed by atoms with E-state index in [1.54, 1.807) is 0 Å². The van der Waals surface area contributed by atoms with E-state index in [0.29, 0.717) is 16.9 Å². The number of aromatic nitrogens is 1. The van der Waals surface area contributed by atoms with E-state index in [1.807, 2.05) is 6.92 Å². The summed E-state index contributed by atoms with van der Waals surface area (Å²) in [6, 6.07) is 2.37. The Hall–Kier alpha value is -1.27. The van der Waals surface area contributed by atoms with Gasteiger partial charge in [-0.25, -0.2) is 13.8 Å². The lowest BCUT2D eigenvalue weighted by Gasteiger charge is -2.02. The standard InChI is InChI=1S/C12H11BrF2N2O/c1-2-16-6-11-17-5-10(18-11)12-8(14)3-7(13)4-9(12)15/h3-5,16H,2,6H2,1H3. The molecule has 1 aromatic carbocycles. The van der Waals surface area contributed by atoms with Crippen molar-refractivity contribution in [3.8, 4) is 11.3 Å². The summed E-state index contributed by atoms with van der Waals surface area (Å²) in [7, 11) is 0. The van der Waals surface area contributed by atoms with E-state index in [4.69, 9.17) is 4.42 Å². The Bertz CT molecular complexity index is 534. The van der Waals surface area contributed by atoms with Crippen LogP contribution in [-0.2, 0) is 6.54 Å². The lowest BCUT2D eigenvalue weighted by atomic mass is 10.1. The molecule has 0 unspecified atom stereocenters. The Labute approximate surface area is 111 Å². The number of rotatable bonds is 4. The summed E-state index contributed by atoms with van der Waals surface area (Å²) in [4.78, 5) is 3.96. The molecule has 2 aromatic rings. The summed E-state index contributed by atoms with van der Waals surface area (Å²) >= 11 is 3.02. The Morgan fingerprint density at radius 3 is 2.61 bits per heavy atom. The van der Waals surface area contributed by atoms with Crippen molar-refractivity contribution in [2.45, 2.75) is 13.5 Å². The minimum atomic E-state index is -0.687. The summed E-state index contributed by atoms with van der Waals surface area (Å²) in [5.41, 5.74) is -0.201. The smallest absolute Gasteiger partial charge is 0.208 e. The third-order valence-electron chi connectivity index (χ3n) is 2.33. The van der Waals surface area contributed by atoms with Gasteiger partial charge in [0, 0.05) is 4.47 Å². The van der Waals surface area contributed by atoms with Crippen LogP contribution in [-0.4, -0.2) is 11.5 Å². The molecule has 0 aliphatic heterocycles. The second kappa shape index (κ2) is 5.58. The van der Waals surface area contributed by atoms with Gasteiger partial charge in [-0.15, -0.1) is 0 Å². The molecule has 3 nitrogen and oxygen atoms in total. The van der Waals surface area contributed by atoms with Gasteiger partial charge in [0.05, 0.1) is 18.3 Å². The average Bonchev–Trinajstić information content (AvgIpc) is 2.73. The van der Waals surface area contributed by atoms with E-state index in [-0.39, 0.29) is 11.3 Å². The van der Waals surface area contributed by atoms with Crippen LogP contribution < -0.4 is 5.32 Å². The number of hydrogen-bond donors (Lipinski definition) is 1. The molecule has 0 bridgehead atoms. The molecule has 0 fully saturated rings. The zero-order valence-corrected chi connectivity index (χ0v) is 11.2. The normalized spacial score (nSPS) is 10.9. The van der Waals surface area contributed by atoms with Gasteiger partial charge in [-0.1, -0.05) is 22.9 Å². The molecule has 18 heavy (non-hydrogen) atoms. The second-order valence-corrected chi connectivity index (χ2v) is 4.56. The van der Waals surface area contributed by atoms with Crippen LogP contribution in [0.1, 0.15) is 12.8 Å². The molecule has 0 aliphatic carbocycles. The van der Waals surface area contributed by atoms with Crippen LogP contribution in [0.5, 0.6) is 0 Å². The number of nitrogens with zero attached hydrogens (tertiary/aromatic N) is 1. The summed E-state index contributed by atoms with van der Waals surface area (Å²) in [5.74, 6) is -0.889. The quantitative estimate of drug-likeness (QED) is 0.938. The summed E-state index contributed by atoms with van der Waals surface area (Å²) in [6.07, 6.45) is 1.32. The third-order valence-corrected chi connectivity index (χ3v) is 2.79. The van der Waals surface area contributed by atoms with Gasteiger partial charge >= 0.3 is 0 Å². The van der Waals surface area contributed by atoms with Gasteiger partial charge in [0.25, 0.3) is 0 Å². The molecule has 0 amide bonds. The maximum atomic E-state index is 13.7. The van der Waals surface area contributed by atoms with Gasteiger partial charge in [-0.2, -0.15) is 0 Å². The van der Waals surface area contributed by atoms with E-state index in [9.17, 15) is 8.78 Å². The minimum Gasteiger partial charge on any atom is -0.439 e. The lowest BCUT2D eigenvalue weighted by molar-refractivity contribution is 0.475. The Balaban J connectivity index is 2.34. The average molecular weight is 317 g/mol. The van der Waals surface area contributed by atoms with Crippen molar-refractivity contribution in [2.75, 3.05) is 6.54 Å². The molecular weight excluding hydrogens is 306 g/mol. The van der Waals surface area contributed by atoms with E-state index in [1.165, 1.54) is 18.3 Å². The topological polar surface area (TPSA) is 38.1 Å². The highest BCUT2D eigenvalue weighted by Crippen LogP contribution is 2.29. The van der Waals surface area contributed by atoms with Crippen molar-refractivity contribution in [2.24, 2.45) is 0 Å². The van der Waals surface area contributed by atoms with Crippen molar-refractivity contribution in [3.05, 3.63) is 40.3 Å². The first kappa shape index (κ1) is 13.2. The van der Waals surface area contributed by atoms with E-state index in [0.717, 1.165) is 6.54 Å². The van der Waals surface area contributed by atoms with Crippen molar-refractivity contribution >= 4 is 15.9 Å². The molecule has 96 valence electrons. The molecule has 6 heteroatoms. The fourth-order valence-corrected chi connectivity index (χ4v) is 1.92. The first-order valence-electron chi connectivity index (χ1n) is 5.42. The van der Waals surface area contributed by atoms with Crippen LogP contribution in [0.15, 0.2) is 27.2 Å². The maximum Gasteiger partial charge on any atom is 0.208 e. The Morgan fingerprint density at radius 2 is 2.00 bits per heavy atom. The van der Waals surface area contributed by atoms with Gasteiger partial charge in [0.2, 0.25) is 5.89 Å². The molecule has 0 radical (unpaired) electrons. The fourth-order valence-electron chi connectivity index (χ4n) is 1.52. The SMILES string of the molecule is CCNCc1ncc(-c2c(F)cc(Br)cc2F)o1. The van der Waals surface area contributed by atoms with Crippen molar-refractivity contribution < 1.29 is 13.2 Å². The van der Waals surface area contributed by atoms with Crippen LogP contribution in [0.2, 0.25) is 0 Å². The van der Waals surface area contributed by atoms with E-state index in [2.05, 4.69) is 26.2 Å². The van der Waals surface area contributed by atoms with Gasteiger partial charge in [-0.05, 0) is 18.7 Å². The van der Waals surface area contributed by atoms with Crippen LogP contribution in [0.25, 0.3) is 11.3 Å². The summed E-state index contributed by atoms with van der Waals surface area (Å²) in [6.45, 7) is 3.13. The molecule has 0 aliphatic rings. The molecular formula is C12H11BrF2N2O. The van der Waals surface area contributed by atoms with Crippen molar-refractivity contribution in [3.63, 3.8) is 0 Å².